The second-order valence-electron chi connectivity index (χ2n) is 4.92. The van der Waals surface area contributed by atoms with Crippen molar-refractivity contribution in [1.82, 2.24) is 20.2 Å². The van der Waals surface area contributed by atoms with Crippen molar-refractivity contribution in [2.45, 2.75) is 19.9 Å². The fraction of sp³-hybridized carbons (Fsp3) is 0.214. The number of amides is 1. The van der Waals surface area contributed by atoms with Crippen LogP contribution in [0.25, 0.3) is 17.0 Å². The van der Waals surface area contributed by atoms with Crippen LogP contribution in [-0.2, 0) is 4.79 Å². The van der Waals surface area contributed by atoms with Crippen LogP contribution in [-0.4, -0.2) is 31.9 Å². The summed E-state index contributed by atoms with van der Waals surface area (Å²) in [5, 5.41) is 4.46. The van der Waals surface area contributed by atoms with Gasteiger partial charge in [0.25, 0.3) is 5.91 Å². The highest BCUT2D eigenvalue weighted by atomic mass is 32.1. The number of rotatable bonds is 2. The lowest BCUT2D eigenvalue weighted by Crippen LogP contribution is -2.36. The second kappa shape index (κ2) is 4.72. The van der Waals surface area contributed by atoms with Crippen molar-refractivity contribution < 1.29 is 4.79 Å². The summed E-state index contributed by atoms with van der Waals surface area (Å²) in [5.41, 5.74) is 2.38. The van der Waals surface area contributed by atoms with Crippen LogP contribution in [0.2, 0.25) is 0 Å². The molecular formula is C14H14N4OS. The number of nitrogens with zero attached hydrogens (tertiary/aromatic N) is 2. The number of H-pyrrole nitrogens is 1. The second-order valence-corrected chi connectivity index (χ2v) is 5.31. The number of nitrogens with one attached hydrogen (secondary N) is 2. The number of aromatic nitrogens is 2. The molecule has 1 aliphatic rings. The Morgan fingerprint density at radius 3 is 2.95 bits per heavy atom. The Bertz CT molecular complexity index is 732. The quantitative estimate of drug-likeness (QED) is 0.655. The van der Waals surface area contributed by atoms with Crippen molar-refractivity contribution in [3.05, 3.63) is 35.9 Å². The van der Waals surface area contributed by atoms with E-state index >= 15 is 0 Å². The number of fused-ring (bicyclic) bond motifs is 1. The highest BCUT2D eigenvalue weighted by molar-refractivity contribution is 7.80. The molecular weight excluding hydrogens is 272 g/mol. The third kappa shape index (κ3) is 1.98. The van der Waals surface area contributed by atoms with Crippen LogP contribution in [0.1, 0.15) is 19.4 Å². The lowest BCUT2D eigenvalue weighted by Gasteiger charge is -2.17. The Labute approximate surface area is 121 Å². The van der Waals surface area contributed by atoms with Gasteiger partial charge in [-0.05, 0) is 38.2 Å². The summed E-state index contributed by atoms with van der Waals surface area (Å²) in [7, 11) is 0. The third-order valence-corrected chi connectivity index (χ3v) is 3.54. The predicted octanol–water partition coefficient (Wildman–Crippen LogP) is 2.03. The molecule has 2 aromatic rings. The molecule has 3 heterocycles. The number of aromatic amines is 1. The number of pyridine rings is 1. The lowest BCUT2D eigenvalue weighted by atomic mass is 10.2. The van der Waals surface area contributed by atoms with Gasteiger partial charge in [-0.25, -0.2) is 0 Å². The summed E-state index contributed by atoms with van der Waals surface area (Å²) in [6.45, 7) is 3.87. The van der Waals surface area contributed by atoms with E-state index in [0.29, 0.717) is 10.8 Å². The Morgan fingerprint density at radius 1 is 1.45 bits per heavy atom. The van der Waals surface area contributed by atoms with E-state index < -0.39 is 0 Å². The van der Waals surface area contributed by atoms with Crippen LogP contribution in [0.15, 0.2) is 30.4 Å². The monoisotopic (exact) mass is 286 g/mol. The van der Waals surface area contributed by atoms with Gasteiger partial charge in [-0.3, -0.25) is 14.7 Å². The van der Waals surface area contributed by atoms with Crippen LogP contribution in [0.4, 0.5) is 0 Å². The van der Waals surface area contributed by atoms with E-state index in [4.69, 9.17) is 12.2 Å². The van der Waals surface area contributed by atoms with Gasteiger partial charge in [0.2, 0.25) is 0 Å². The molecule has 5 nitrogen and oxygen atoms in total. The molecule has 0 bridgehead atoms. The van der Waals surface area contributed by atoms with E-state index in [1.165, 1.54) is 0 Å². The molecule has 3 rings (SSSR count). The molecule has 0 atom stereocenters. The number of hydrogen-bond donors (Lipinski definition) is 2. The van der Waals surface area contributed by atoms with Crippen LogP contribution in [0.3, 0.4) is 0 Å². The highest BCUT2D eigenvalue weighted by Gasteiger charge is 2.32. The molecule has 2 N–H and O–H groups in total. The van der Waals surface area contributed by atoms with Gasteiger partial charge in [-0.1, -0.05) is 0 Å². The van der Waals surface area contributed by atoms with Crippen molar-refractivity contribution >= 4 is 40.2 Å². The van der Waals surface area contributed by atoms with Gasteiger partial charge in [-0.15, -0.1) is 0 Å². The molecule has 0 unspecified atom stereocenters. The lowest BCUT2D eigenvalue weighted by molar-refractivity contribution is -0.123. The van der Waals surface area contributed by atoms with Crippen molar-refractivity contribution in [3.63, 3.8) is 0 Å². The van der Waals surface area contributed by atoms with Gasteiger partial charge < -0.3 is 10.3 Å². The number of thiocarbonyl (C=S) groups is 1. The molecule has 0 spiro atoms. The molecule has 6 heteroatoms. The molecule has 1 fully saturated rings. The fourth-order valence-electron chi connectivity index (χ4n) is 2.29. The van der Waals surface area contributed by atoms with E-state index in [1.807, 2.05) is 32.2 Å². The van der Waals surface area contributed by atoms with Crippen LogP contribution >= 0.6 is 12.2 Å². The van der Waals surface area contributed by atoms with Gasteiger partial charge >= 0.3 is 0 Å². The van der Waals surface area contributed by atoms with E-state index in [9.17, 15) is 4.79 Å². The minimum absolute atomic E-state index is 0.0422. The number of carbonyl (C=O) groups excluding carboxylic acids is 1. The summed E-state index contributed by atoms with van der Waals surface area (Å²) >= 11 is 5.20. The maximum absolute atomic E-state index is 12.3. The third-order valence-electron chi connectivity index (χ3n) is 3.24. The molecule has 0 aromatic carbocycles. The minimum Gasteiger partial charge on any atom is -0.359 e. The van der Waals surface area contributed by atoms with Crippen LogP contribution in [0.5, 0.6) is 0 Å². The molecule has 20 heavy (non-hydrogen) atoms. The molecule has 2 aromatic heterocycles. The molecule has 0 radical (unpaired) electrons. The summed E-state index contributed by atoms with van der Waals surface area (Å²) < 4.78 is 0. The highest BCUT2D eigenvalue weighted by Crippen LogP contribution is 2.22. The Morgan fingerprint density at radius 2 is 2.25 bits per heavy atom. The van der Waals surface area contributed by atoms with Gasteiger partial charge in [0, 0.05) is 29.4 Å². The number of carbonyl (C=O) groups is 1. The van der Waals surface area contributed by atoms with Crippen molar-refractivity contribution in [1.29, 1.82) is 0 Å². The van der Waals surface area contributed by atoms with E-state index in [1.54, 1.807) is 17.3 Å². The average Bonchev–Trinajstić information content (AvgIpc) is 2.93. The SMILES string of the molecule is CC(C)N1C(=O)/C(=C/c2c[nH]c3cnccc23)NC1=S. The zero-order valence-electron chi connectivity index (χ0n) is 11.2. The molecule has 1 saturated heterocycles. The predicted molar refractivity (Wildman–Crippen MR) is 81.8 cm³/mol. The largest absolute Gasteiger partial charge is 0.359 e. The number of hydrogen-bond acceptors (Lipinski definition) is 3. The molecule has 0 aliphatic carbocycles. The summed E-state index contributed by atoms with van der Waals surface area (Å²) in [6, 6.07) is 1.96. The summed E-state index contributed by atoms with van der Waals surface area (Å²) in [6.07, 6.45) is 7.16. The Kier molecular flexibility index (Phi) is 3.02. The summed E-state index contributed by atoms with van der Waals surface area (Å²) in [4.78, 5) is 21.1. The maximum Gasteiger partial charge on any atom is 0.276 e. The van der Waals surface area contributed by atoms with Gasteiger partial charge in [0.1, 0.15) is 5.70 Å². The van der Waals surface area contributed by atoms with E-state index in [-0.39, 0.29) is 11.9 Å². The molecule has 1 amide bonds. The molecule has 0 saturated carbocycles. The van der Waals surface area contributed by atoms with E-state index in [0.717, 1.165) is 16.5 Å². The zero-order valence-corrected chi connectivity index (χ0v) is 12.0. The molecule has 102 valence electrons. The van der Waals surface area contributed by atoms with Gasteiger partial charge in [-0.2, -0.15) is 0 Å². The summed E-state index contributed by atoms with van der Waals surface area (Å²) in [5.74, 6) is -0.0894. The topological polar surface area (TPSA) is 61.0 Å². The van der Waals surface area contributed by atoms with Gasteiger partial charge in [0.05, 0.1) is 11.7 Å². The first kappa shape index (κ1) is 12.8. The first-order valence-electron chi connectivity index (χ1n) is 6.35. The van der Waals surface area contributed by atoms with Crippen LogP contribution in [0, 0.1) is 0 Å². The minimum atomic E-state index is -0.0894. The molecule has 1 aliphatic heterocycles. The fourth-order valence-corrected chi connectivity index (χ4v) is 2.69. The van der Waals surface area contributed by atoms with E-state index in [2.05, 4.69) is 15.3 Å². The standard InChI is InChI=1S/C14H14N4OS/c1-8(2)18-13(19)11(17-14(18)20)5-9-6-16-12-7-15-4-3-10(9)12/h3-8,16H,1-2H3,(H,17,20)/b11-5-. The smallest absolute Gasteiger partial charge is 0.276 e. The van der Waals surface area contributed by atoms with Crippen molar-refractivity contribution in [3.8, 4) is 0 Å². The Balaban J connectivity index is 2.01. The first-order valence-corrected chi connectivity index (χ1v) is 6.76. The zero-order chi connectivity index (χ0) is 14.3. The van der Waals surface area contributed by atoms with Crippen molar-refractivity contribution in [2.24, 2.45) is 0 Å². The van der Waals surface area contributed by atoms with Crippen LogP contribution < -0.4 is 5.32 Å². The Hall–Kier alpha value is -2.21. The van der Waals surface area contributed by atoms with Crippen molar-refractivity contribution in [2.75, 3.05) is 0 Å². The van der Waals surface area contributed by atoms with Gasteiger partial charge in [0.15, 0.2) is 5.11 Å². The normalized spacial score (nSPS) is 17.6. The maximum atomic E-state index is 12.3. The average molecular weight is 286 g/mol. The first-order chi connectivity index (χ1) is 9.58.